The van der Waals surface area contributed by atoms with Crippen LogP contribution in [0.5, 0.6) is 0 Å². The number of rotatable bonds is 6. The topological polar surface area (TPSA) is 49.4 Å². The maximum absolute atomic E-state index is 13.0. The number of aryl methyl sites for hydroxylation is 2. The van der Waals surface area contributed by atoms with Crippen LogP contribution in [0.3, 0.4) is 0 Å². The predicted molar refractivity (Wildman–Crippen MR) is 100 cm³/mol. The molecule has 0 aliphatic heterocycles. The SMILES string of the molecule is CCc1cc(C(=O)N(CC)CC(=O)Nc2ccccc2C(F)(F)F)sc1C. The van der Waals surface area contributed by atoms with Gasteiger partial charge in [0.2, 0.25) is 5.91 Å². The maximum Gasteiger partial charge on any atom is 0.418 e. The highest BCUT2D eigenvalue weighted by molar-refractivity contribution is 7.14. The Morgan fingerprint density at radius 2 is 1.85 bits per heavy atom. The smallest absolute Gasteiger partial charge is 0.329 e. The summed E-state index contributed by atoms with van der Waals surface area (Å²) in [7, 11) is 0. The molecule has 0 unspecified atom stereocenters. The second-order valence-electron chi connectivity index (χ2n) is 5.96. The van der Waals surface area contributed by atoms with E-state index in [9.17, 15) is 22.8 Å². The van der Waals surface area contributed by atoms with Crippen LogP contribution in [-0.2, 0) is 17.4 Å². The van der Waals surface area contributed by atoms with E-state index >= 15 is 0 Å². The highest BCUT2D eigenvalue weighted by Crippen LogP contribution is 2.34. The van der Waals surface area contributed by atoms with Crippen LogP contribution < -0.4 is 5.32 Å². The number of anilines is 1. The van der Waals surface area contributed by atoms with Gasteiger partial charge in [-0.15, -0.1) is 11.3 Å². The molecule has 1 heterocycles. The lowest BCUT2D eigenvalue weighted by Gasteiger charge is -2.20. The number of hydrogen-bond acceptors (Lipinski definition) is 3. The number of nitrogens with zero attached hydrogens (tertiary/aromatic N) is 1. The molecular weight excluding hydrogens is 377 g/mol. The molecule has 0 aliphatic carbocycles. The van der Waals surface area contributed by atoms with Crippen molar-refractivity contribution in [2.75, 3.05) is 18.4 Å². The summed E-state index contributed by atoms with van der Waals surface area (Å²) in [5, 5.41) is 2.27. The third kappa shape index (κ3) is 5.09. The Morgan fingerprint density at radius 1 is 1.19 bits per heavy atom. The zero-order valence-electron chi connectivity index (χ0n) is 15.3. The number of halogens is 3. The fourth-order valence-corrected chi connectivity index (χ4v) is 3.74. The van der Waals surface area contributed by atoms with Crippen molar-refractivity contribution in [1.82, 2.24) is 4.90 Å². The molecule has 0 aliphatic rings. The molecule has 0 radical (unpaired) electrons. The van der Waals surface area contributed by atoms with Crippen molar-refractivity contribution in [3.8, 4) is 0 Å². The van der Waals surface area contributed by atoms with E-state index in [4.69, 9.17) is 0 Å². The molecule has 2 aromatic rings. The van der Waals surface area contributed by atoms with Crippen molar-refractivity contribution < 1.29 is 22.8 Å². The van der Waals surface area contributed by atoms with Crippen molar-refractivity contribution in [3.05, 3.63) is 51.2 Å². The highest BCUT2D eigenvalue weighted by atomic mass is 32.1. The number of likely N-dealkylation sites (N-methyl/N-ethyl adjacent to an activating group) is 1. The summed E-state index contributed by atoms with van der Waals surface area (Å²) in [5.41, 5.74) is -0.170. The molecule has 0 saturated carbocycles. The molecule has 8 heteroatoms. The first-order chi connectivity index (χ1) is 12.7. The van der Waals surface area contributed by atoms with Crippen LogP contribution in [-0.4, -0.2) is 29.8 Å². The van der Waals surface area contributed by atoms with Crippen LogP contribution in [0, 0.1) is 6.92 Å². The van der Waals surface area contributed by atoms with Gasteiger partial charge in [-0.25, -0.2) is 0 Å². The van der Waals surface area contributed by atoms with Crippen LogP contribution in [0.4, 0.5) is 18.9 Å². The Morgan fingerprint density at radius 3 is 2.41 bits per heavy atom. The highest BCUT2D eigenvalue weighted by Gasteiger charge is 2.33. The number of hydrogen-bond donors (Lipinski definition) is 1. The number of benzene rings is 1. The second kappa shape index (κ2) is 8.56. The Labute approximate surface area is 160 Å². The molecule has 0 atom stereocenters. The Hall–Kier alpha value is -2.35. The molecule has 0 fully saturated rings. The van der Waals surface area contributed by atoms with E-state index in [1.54, 1.807) is 6.92 Å². The molecule has 4 nitrogen and oxygen atoms in total. The maximum atomic E-state index is 13.0. The first-order valence-electron chi connectivity index (χ1n) is 8.52. The van der Waals surface area contributed by atoms with Crippen LogP contribution in [0.15, 0.2) is 30.3 Å². The van der Waals surface area contributed by atoms with Gasteiger partial charge >= 0.3 is 6.18 Å². The number of para-hydroxylation sites is 1. The van der Waals surface area contributed by atoms with Gasteiger partial charge in [0.15, 0.2) is 0 Å². The van der Waals surface area contributed by atoms with Gasteiger partial charge in [0, 0.05) is 11.4 Å². The van der Waals surface area contributed by atoms with Gasteiger partial charge in [-0.3, -0.25) is 9.59 Å². The first kappa shape index (κ1) is 21.0. The summed E-state index contributed by atoms with van der Waals surface area (Å²) in [6.07, 6.45) is -3.77. The molecule has 2 amide bonds. The number of carbonyl (C=O) groups is 2. The number of thiophene rings is 1. The number of amides is 2. The molecular formula is C19H21F3N2O2S. The molecule has 0 spiro atoms. The van der Waals surface area contributed by atoms with Crippen molar-refractivity contribution in [1.29, 1.82) is 0 Å². The van der Waals surface area contributed by atoms with Gasteiger partial charge in [0.25, 0.3) is 5.91 Å². The zero-order valence-corrected chi connectivity index (χ0v) is 16.1. The minimum atomic E-state index is -4.57. The largest absolute Gasteiger partial charge is 0.418 e. The summed E-state index contributed by atoms with van der Waals surface area (Å²) >= 11 is 1.36. The summed E-state index contributed by atoms with van der Waals surface area (Å²) in [6.45, 7) is 5.59. The van der Waals surface area contributed by atoms with Crippen LogP contribution >= 0.6 is 11.3 Å². The Bertz CT molecular complexity index is 831. The van der Waals surface area contributed by atoms with E-state index in [-0.39, 0.29) is 24.7 Å². The number of alkyl halides is 3. The molecule has 146 valence electrons. The minimum absolute atomic E-state index is 0.269. The van der Waals surface area contributed by atoms with Gasteiger partial charge in [-0.1, -0.05) is 19.1 Å². The van der Waals surface area contributed by atoms with Crippen LogP contribution in [0.1, 0.15) is 39.5 Å². The minimum Gasteiger partial charge on any atom is -0.329 e. The molecule has 1 aromatic heterocycles. The monoisotopic (exact) mass is 398 g/mol. The van der Waals surface area contributed by atoms with Crippen molar-refractivity contribution in [3.63, 3.8) is 0 Å². The third-order valence-corrected chi connectivity index (χ3v) is 5.20. The van der Waals surface area contributed by atoms with Crippen molar-refractivity contribution in [2.24, 2.45) is 0 Å². The van der Waals surface area contributed by atoms with Gasteiger partial charge in [-0.05, 0) is 44.0 Å². The van der Waals surface area contributed by atoms with Crippen molar-refractivity contribution in [2.45, 2.75) is 33.4 Å². The lowest BCUT2D eigenvalue weighted by Crippen LogP contribution is -2.37. The second-order valence-corrected chi connectivity index (χ2v) is 7.21. The van der Waals surface area contributed by atoms with E-state index in [0.717, 1.165) is 22.9 Å². The lowest BCUT2D eigenvalue weighted by molar-refractivity contribution is -0.137. The summed E-state index contributed by atoms with van der Waals surface area (Å²) in [5.74, 6) is -0.976. The van der Waals surface area contributed by atoms with Crippen molar-refractivity contribution >= 4 is 28.8 Å². The molecule has 2 rings (SSSR count). The van der Waals surface area contributed by atoms with Gasteiger partial charge in [-0.2, -0.15) is 13.2 Å². The summed E-state index contributed by atoms with van der Waals surface area (Å²) < 4.78 is 39.1. The van der Waals surface area contributed by atoms with E-state index in [2.05, 4.69) is 5.32 Å². The third-order valence-electron chi connectivity index (χ3n) is 4.12. The van der Waals surface area contributed by atoms with E-state index in [1.807, 2.05) is 19.9 Å². The van der Waals surface area contributed by atoms with E-state index in [1.165, 1.54) is 34.4 Å². The van der Waals surface area contributed by atoms with E-state index < -0.39 is 17.6 Å². The molecule has 0 saturated heterocycles. The molecule has 27 heavy (non-hydrogen) atoms. The predicted octanol–water partition coefficient (Wildman–Crippen LogP) is 4.74. The van der Waals surface area contributed by atoms with Gasteiger partial charge in [0.05, 0.1) is 16.1 Å². The Balaban J connectivity index is 2.12. The standard InChI is InChI=1S/C19H21F3N2O2S/c1-4-13-10-16(27-12(13)3)18(26)24(5-2)11-17(25)23-15-9-7-6-8-14(15)19(20,21)22/h6-10H,4-5,11H2,1-3H3,(H,23,25). The first-order valence-corrected chi connectivity index (χ1v) is 9.33. The number of carbonyl (C=O) groups excluding carboxylic acids is 2. The lowest BCUT2D eigenvalue weighted by atomic mass is 10.1. The fourth-order valence-electron chi connectivity index (χ4n) is 2.66. The summed E-state index contributed by atoms with van der Waals surface area (Å²) in [4.78, 5) is 27.8. The average Bonchev–Trinajstić information content (AvgIpc) is 2.99. The summed E-state index contributed by atoms with van der Waals surface area (Å²) in [6, 6.07) is 6.56. The zero-order chi connectivity index (χ0) is 20.2. The number of nitrogens with one attached hydrogen (secondary N) is 1. The molecule has 1 N–H and O–H groups in total. The molecule has 0 bridgehead atoms. The average molecular weight is 398 g/mol. The Kier molecular flexibility index (Phi) is 6.64. The molecule has 1 aromatic carbocycles. The normalized spacial score (nSPS) is 11.3. The van der Waals surface area contributed by atoms with Crippen LogP contribution in [0.25, 0.3) is 0 Å². The van der Waals surface area contributed by atoms with Crippen LogP contribution in [0.2, 0.25) is 0 Å². The van der Waals surface area contributed by atoms with Gasteiger partial charge < -0.3 is 10.2 Å². The van der Waals surface area contributed by atoms with Gasteiger partial charge in [0.1, 0.15) is 6.54 Å². The fraction of sp³-hybridized carbons (Fsp3) is 0.368. The quantitative estimate of drug-likeness (QED) is 0.764. The van der Waals surface area contributed by atoms with E-state index in [0.29, 0.717) is 4.88 Å².